The molecular formula is C16H11N2O4S-. The predicted molar refractivity (Wildman–Crippen MR) is 84.2 cm³/mol. The average Bonchev–Trinajstić information content (AvgIpc) is 2.53. The summed E-state index contributed by atoms with van der Waals surface area (Å²) in [5, 5.41) is 19.5. The van der Waals surface area contributed by atoms with E-state index in [1.165, 1.54) is 24.3 Å². The van der Waals surface area contributed by atoms with E-state index in [2.05, 4.69) is 10.2 Å². The van der Waals surface area contributed by atoms with Crippen molar-refractivity contribution in [2.45, 2.75) is 4.90 Å². The number of hydrogen-bond donors (Lipinski definition) is 1. The molecule has 0 aromatic heterocycles. The Labute approximate surface area is 132 Å². The van der Waals surface area contributed by atoms with Gasteiger partial charge >= 0.3 is 0 Å². The summed E-state index contributed by atoms with van der Waals surface area (Å²) in [5.41, 5.74) is 0.479. The van der Waals surface area contributed by atoms with Gasteiger partial charge in [-0.1, -0.05) is 36.4 Å². The van der Waals surface area contributed by atoms with Crippen molar-refractivity contribution in [2.75, 3.05) is 0 Å². The van der Waals surface area contributed by atoms with Gasteiger partial charge in [-0.05, 0) is 29.7 Å². The maximum atomic E-state index is 11.0. The monoisotopic (exact) mass is 327 g/mol. The zero-order chi connectivity index (χ0) is 16.4. The molecule has 0 amide bonds. The van der Waals surface area contributed by atoms with Gasteiger partial charge in [-0.3, -0.25) is 0 Å². The van der Waals surface area contributed by atoms with E-state index >= 15 is 0 Å². The third-order valence-electron chi connectivity index (χ3n) is 3.25. The molecular weight excluding hydrogens is 316 g/mol. The molecule has 3 aromatic rings. The summed E-state index contributed by atoms with van der Waals surface area (Å²) in [6, 6.07) is 15.9. The van der Waals surface area contributed by atoms with Gasteiger partial charge in [0.05, 0.1) is 10.6 Å². The summed E-state index contributed by atoms with van der Waals surface area (Å²) in [6.45, 7) is 0. The number of nitrogens with zero attached hydrogens (tertiary/aromatic N) is 2. The molecule has 0 radical (unpaired) electrons. The summed E-state index contributed by atoms with van der Waals surface area (Å²) < 4.78 is 33.1. The molecule has 1 N–H and O–H groups in total. The molecule has 7 heteroatoms. The lowest BCUT2D eigenvalue weighted by Gasteiger charge is -2.06. The Bertz CT molecular complexity index is 1010. The zero-order valence-corrected chi connectivity index (χ0v) is 12.6. The molecule has 3 aromatic carbocycles. The molecule has 116 valence electrons. The fraction of sp³-hybridized carbons (Fsp3) is 0. The Hall–Kier alpha value is -2.77. The minimum atomic E-state index is -4.55. The highest BCUT2D eigenvalue weighted by Crippen LogP contribution is 2.36. The summed E-state index contributed by atoms with van der Waals surface area (Å²) in [5.74, 6) is -0.0416. The zero-order valence-electron chi connectivity index (χ0n) is 11.7. The van der Waals surface area contributed by atoms with Crippen molar-refractivity contribution >= 4 is 32.3 Å². The van der Waals surface area contributed by atoms with E-state index in [4.69, 9.17) is 0 Å². The van der Waals surface area contributed by atoms with Crippen LogP contribution >= 0.6 is 0 Å². The first-order chi connectivity index (χ1) is 10.9. The minimum Gasteiger partial charge on any atom is -0.744 e. The highest BCUT2D eigenvalue weighted by molar-refractivity contribution is 7.85. The van der Waals surface area contributed by atoms with Crippen molar-refractivity contribution in [1.82, 2.24) is 0 Å². The second-order valence-corrected chi connectivity index (χ2v) is 6.19. The van der Waals surface area contributed by atoms with Gasteiger partial charge < -0.3 is 9.66 Å². The fourth-order valence-electron chi connectivity index (χ4n) is 2.16. The Kier molecular flexibility index (Phi) is 3.81. The van der Waals surface area contributed by atoms with Gasteiger partial charge in [0.1, 0.15) is 21.6 Å². The lowest BCUT2D eigenvalue weighted by Crippen LogP contribution is -1.97. The van der Waals surface area contributed by atoms with Crippen LogP contribution in [-0.4, -0.2) is 18.1 Å². The second kappa shape index (κ2) is 5.79. The number of phenols is 1. The first-order valence-corrected chi connectivity index (χ1v) is 8.04. The largest absolute Gasteiger partial charge is 0.744 e. The van der Waals surface area contributed by atoms with E-state index in [0.29, 0.717) is 5.39 Å². The Morgan fingerprint density at radius 3 is 2.48 bits per heavy atom. The average molecular weight is 327 g/mol. The van der Waals surface area contributed by atoms with Crippen LogP contribution in [0, 0.1) is 0 Å². The highest BCUT2D eigenvalue weighted by atomic mass is 32.2. The minimum absolute atomic E-state index is 0.0416. The van der Waals surface area contributed by atoms with Gasteiger partial charge in [-0.15, -0.1) is 5.11 Å². The molecule has 3 rings (SSSR count). The van der Waals surface area contributed by atoms with Crippen molar-refractivity contribution in [3.8, 4) is 5.75 Å². The highest BCUT2D eigenvalue weighted by Gasteiger charge is 2.06. The lowest BCUT2D eigenvalue weighted by atomic mass is 10.1. The van der Waals surface area contributed by atoms with Crippen molar-refractivity contribution in [3.63, 3.8) is 0 Å². The number of rotatable bonds is 3. The molecule has 23 heavy (non-hydrogen) atoms. The molecule has 0 heterocycles. The smallest absolute Gasteiger partial charge is 0.143 e. The molecule has 0 bridgehead atoms. The molecule has 0 atom stereocenters. The normalized spacial score (nSPS) is 12.0. The molecule has 0 aliphatic heterocycles. The van der Waals surface area contributed by atoms with Gasteiger partial charge in [0.15, 0.2) is 0 Å². The molecule has 0 saturated heterocycles. The summed E-state index contributed by atoms with van der Waals surface area (Å²) in [4.78, 5) is -0.379. The molecule has 0 unspecified atom stereocenters. The van der Waals surface area contributed by atoms with E-state index in [1.807, 2.05) is 18.2 Å². The van der Waals surface area contributed by atoms with Crippen LogP contribution in [-0.2, 0) is 10.1 Å². The third-order valence-corrected chi connectivity index (χ3v) is 4.08. The number of azo groups is 1. The van der Waals surface area contributed by atoms with Gasteiger partial charge in [0.2, 0.25) is 0 Å². The van der Waals surface area contributed by atoms with Gasteiger partial charge in [0.25, 0.3) is 0 Å². The van der Waals surface area contributed by atoms with Gasteiger partial charge in [-0.25, -0.2) is 8.42 Å². The van der Waals surface area contributed by atoms with Crippen LogP contribution < -0.4 is 0 Å². The molecule has 6 nitrogen and oxygen atoms in total. The topological polar surface area (TPSA) is 102 Å². The van der Waals surface area contributed by atoms with Crippen molar-refractivity contribution < 1.29 is 18.1 Å². The number of hydrogen-bond acceptors (Lipinski definition) is 6. The maximum absolute atomic E-state index is 11.0. The van der Waals surface area contributed by atoms with E-state index in [9.17, 15) is 18.1 Å². The van der Waals surface area contributed by atoms with Crippen LogP contribution in [0.25, 0.3) is 10.8 Å². The molecule has 0 fully saturated rings. The quantitative estimate of drug-likeness (QED) is 0.582. The Balaban J connectivity index is 2.06. The summed E-state index contributed by atoms with van der Waals surface area (Å²) in [6.07, 6.45) is 0. The van der Waals surface area contributed by atoms with Crippen LogP contribution in [0.15, 0.2) is 75.8 Å². The number of phenolic OH excluding ortho intramolecular Hbond substituents is 1. The van der Waals surface area contributed by atoms with E-state index in [0.717, 1.165) is 11.5 Å². The fourth-order valence-corrected chi connectivity index (χ4v) is 2.67. The van der Waals surface area contributed by atoms with Crippen LogP contribution in [0.5, 0.6) is 5.75 Å². The van der Waals surface area contributed by atoms with Crippen molar-refractivity contribution in [1.29, 1.82) is 0 Å². The number of fused-ring (bicyclic) bond motifs is 1. The Morgan fingerprint density at radius 1 is 0.913 bits per heavy atom. The second-order valence-electron chi connectivity index (χ2n) is 4.81. The SMILES string of the molecule is O=S(=O)([O-])c1cccc(N=Nc2c(O)ccc3ccccc23)c1. The molecule has 0 aliphatic carbocycles. The lowest BCUT2D eigenvalue weighted by molar-refractivity contribution is 0.463. The standard InChI is InChI=1S/C16H12N2O4S/c19-15-9-8-11-4-1-2-7-14(11)16(15)18-17-12-5-3-6-13(10-12)23(20,21)22/h1-10,19H,(H,20,21,22)/p-1. The molecule has 0 saturated carbocycles. The van der Waals surface area contributed by atoms with E-state index in [-0.39, 0.29) is 22.0 Å². The number of aromatic hydroxyl groups is 1. The maximum Gasteiger partial charge on any atom is 0.143 e. The summed E-state index contributed by atoms with van der Waals surface area (Å²) in [7, 11) is -4.55. The van der Waals surface area contributed by atoms with Gasteiger partial charge in [0, 0.05) is 5.39 Å². The first-order valence-electron chi connectivity index (χ1n) is 6.63. The predicted octanol–water partition coefficient (Wildman–Crippen LogP) is 3.86. The van der Waals surface area contributed by atoms with Gasteiger partial charge in [-0.2, -0.15) is 5.11 Å². The van der Waals surface area contributed by atoms with E-state index < -0.39 is 10.1 Å². The third kappa shape index (κ3) is 3.20. The van der Waals surface area contributed by atoms with Crippen LogP contribution in [0.2, 0.25) is 0 Å². The van der Waals surface area contributed by atoms with Crippen molar-refractivity contribution in [2.24, 2.45) is 10.2 Å². The van der Waals surface area contributed by atoms with Crippen LogP contribution in [0.1, 0.15) is 0 Å². The van der Waals surface area contributed by atoms with E-state index in [1.54, 1.807) is 12.1 Å². The van der Waals surface area contributed by atoms with Crippen LogP contribution in [0.4, 0.5) is 11.4 Å². The molecule has 0 spiro atoms. The summed E-state index contributed by atoms with van der Waals surface area (Å²) >= 11 is 0. The number of benzene rings is 3. The van der Waals surface area contributed by atoms with Crippen LogP contribution in [0.3, 0.4) is 0 Å². The molecule has 0 aliphatic rings. The van der Waals surface area contributed by atoms with Crippen molar-refractivity contribution in [3.05, 3.63) is 60.7 Å². The first kappa shape index (κ1) is 15.1. The Morgan fingerprint density at radius 2 is 1.70 bits per heavy atom.